The quantitative estimate of drug-likeness (QED) is 0.608. The maximum atomic E-state index is 12.6. The van der Waals surface area contributed by atoms with Gasteiger partial charge in [0, 0.05) is 23.2 Å². The summed E-state index contributed by atoms with van der Waals surface area (Å²) in [7, 11) is 0. The molecule has 4 rings (SSSR count). The minimum atomic E-state index is -0.232. The van der Waals surface area contributed by atoms with Crippen LogP contribution in [0.2, 0.25) is 5.02 Å². The van der Waals surface area contributed by atoms with Crippen molar-refractivity contribution >= 4 is 34.1 Å². The van der Waals surface area contributed by atoms with Gasteiger partial charge in [-0.25, -0.2) is 4.98 Å². The molecule has 0 atom stereocenters. The smallest absolute Gasteiger partial charge is 0.258 e. The Morgan fingerprint density at radius 2 is 2.00 bits per heavy atom. The fraction of sp³-hybridized carbons (Fsp3) is 0.318. The number of carbonyl (C=O) groups excluding carboxylic acids is 1. The first-order valence-corrected chi connectivity index (χ1v) is 10.5. The molecule has 1 aromatic heterocycles. The number of nitrogens with one attached hydrogen (secondary N) is 2. The predicted molar refractivity (Wildman–Crippen MR) is 119 cm³/mol. The molecule has 1 aliphatic heterocycles. The molecular weight excluding hydrogens is 420 g/mol. The lowest BCUT2D eigenvalue weighted by Crippen LogP contribution is -2.33. The summed E-state index contributed by atoms with van der Waals surface area (Å²) in [4.78, 5) is 34.1. The van der Waals surface area contributed by atoms with Crippen LogP contribution in [-0.4, -0.2) is 47.1 Å². The van der Waals surface area contributed by atoms with Gasteiger partial charge in [-0.3, -0.25) is 14.5 Å². The molecule has 1 amide bonds. The molecule has 2 N–H and O–H groups in total. The van der Waals surface area contributed by atoms with E-state index in [1.54, 1.807) is 36.4 Å². The van der Waals surface area contributed by atoms with E-state index in [1.165, 1.54) is 0 Å². The van der Waals surface area contributed by atoms with Crippen molar-refractivity contribution in [3.8, 4) is 11.5 Å². The number of H-pyrrole nitrogens is 1. The number of likely N-dealkylation sites (N-methyl/N-ethyl adjacent to an activating group) is 1. The van der Waals surface area contributed by atoms with Gasteiger partial charge in [0.1, 0.15) is 5.82 Å². The lowest BCUT2D eigenvalue weighted by Gasteiger charge is -2.19. The predicted octanol–water partition coefficient (Wildman–Crippen LogP) is 3.20. The van der Waals surface area contributed by atoms with E-state index in [0.717, 1.165) is 6.42 Å². The molecule has 162 valence electrons. The van der Waals surface area contributed by atoms with Crippen LogP contribution in [0.4, 0.5) is 5.69 Å². The van der Waals surface area contributed by atoms with Gasteiger partial charge < -0.3 is 19.8 Å². The zero-order valence-corrected chi connectivity index (χ0v) is 17.9. The van der Waals surface area contributed by atoms with Crippen LogP contribution in [0.15, 0.2) is 41.2 Å². The Hall–Kier alpha value is -3.10. The van der Waals surface area contributed by atoms with Crippen molar-refractivity contribution in [1.29, 1.82) is 0 Å². The highest BCUT2D eigenvalue weighted by molar-refractivity contribution is 6.31. The third-order valence-electron chi connectivity index (χ3n) is 4.94. The molecule has 0 fully saturated rings. The molecule has 2 aromatic carbocycles. The number of fused-ring (bicyclic) bond motifs is 2. The number of hydrogen-bond donors (Lipinski definition) is 2. The van der Waals surface area contributed by atoms with Crippen molar-refractivity contribution in [2.24, 2.45) is 0 Å². The summed E-state index contributed by atoms with van der Waals surface area (Å²) in [6.07, 6.45) is 0.818. The summed E-state index contributed by atoms with van der Waals surface area (Å²) in [6, 6.07) is 10.3. The normalized spacial score (nSPS) is 13.3. The highest BCUT2D eigenvalue weighted by atomic mass is 35.5. The Balaban J connectivity index is 1.43. The van der Waals surface area contributed by atoms with Gasteiger partial charge in [0.2, 0.25) is 5.91 Å². The minimum absolute atomic E-state index is 0.141. The van der Waals surface area contributed by atoms with Gasteiger partial charge >= 0.3 is 0 Å². The molecule has 3 aromatic rings. The number of carbonyl (C=O) groups is 1. The highest BCUT2D eigenvalue weighted by Crippen LogP contribution is 2.32. The summed E-state index contributed by atoms with van der Waals surface area (Å²) >= 11 is 6.02. The maximum absolute atomic E-state index is 12.6. The van der Waals surface area contributed by atoms with Gasteiger partial charge in [-0.1, -0.05) is 18.5 Å². The number of benzene rings is 2. The van der Waals surface area contributed by atoms with Crippen LogP contribution in [0, 0.1) is 0 Å². The van der Waals surface area contributed by atoms with Crippen molar-refractivity contribution < 1.29 is 14.3 Å². The van der Waals surface area contributed by atoms with Gasteiger partial charge in [0.05, 0.1) is 37.2 Å². The third kappa shape index (κ3) is 5.15. The molecule has 0 spiro atoms. The topological polar surface area (TPSA) is 96.6 Å². The molecule has 0 bridgehead atoms. The van der Waals surface area contributed by atoms with Crippen LogP contribution in [0.5, 0.6) is 11.5 Å². The van der Waals surface area contributed by atoms with Crippen LogP contribution < -0.4 is 20.3 Å². The largest absolute Gasteiger partial charge is 0.490 e. The van der Waals surface area contributed by atoms with Gasteiger partial charge in [0.15, 0.2) is 11.5 Å². The first-order valence-electron chi connectivity index (χ1n) is 10.1. The van der Waals surface area contributed by atoms with Crippen LogP contribution in [-0.2, 0) is 11.3 Å². The molecule has 2 heterocycles. The standard InChI is InChI=1S/C22H23ClN4O4/c1-2-27(12-20-25-17-10-14(23)4-6-16(17)22(29)26-20)13-21(28)24-15-5-7-18-19(11-15)31-9-3-8-30-18/h4-7,10-11H,2-3,8-9,12-13H2,1H3,(H,24,28)(H,25,26,29). The second kappa shape index (κ2) is 9.36. The van der Waals surface area contributed by atoms with Crippen LogP contribution >= 0.6 is 11.6 Å². The number of rotatable bonds is 6. The zero-order valence-electron chi connectivity index (χ0n) is 17.1. The molecule has 31 heavy (non-hydrogen) atoms. The fourth-order valence-electron chi connectivity index (χ4n) is 3.37. The zero-order chi connectivity index (χ0) is 21.8. The number of anilines is 1. The number of halogens is 1. The monoisotopic (exact) mass is 442 g/mol. The van der Waals surface area contributed by atoms with Crippen molar-refractivity contribution in [3.63, 3.8) is 0 Å². The molecule has 0 saturated heterocycles. The Kier molecular flexibility index (Phi) is 6.39. The summed E-state index contributed by atoms with van der Waals surface area (Å²) < 4.78 is 11.3. The second-order valence-electron chi connectivity index (χ2n) is 7.24. The van der Waals surface area contributed by atoms with Crippen LogP contribution in [0.25, 0.3) is 10.9 Å². The van der Waals surface area contributed by atoms with Crippen molar-refractivity contribution in [1.82, 2.24) is 14.9 Å². The molecule has 8 nitrogen and oxygen atoms in total. The number of amides is 1. The average Bonchev–Trinajstić information content (AvgIpc) is 2.98. The van der Waals surface area contributed by atoms with E-state index >= 15 is 0 Å². The van der Waals surface area contributed by atoms with E-state index in [1.807, 2.05) is 11.8 Å². The number of hydrogen-bond acceptors (Lipinski definition) is 6. The molecule has 0 aliphatic carbocycles. The average molecular weight is 443 g/mol. The van der Waals surface area contributed by atoms with Gasteiger partial charge in [0.25, 0.3) is 5.56 Å². The summed E-state index contributed by atoms with van der Waals surface area (Å²) in [5, 5.41) is 3.87. The molecule has 0 unspecified atom stereocenters. The summed E-state index contributed by atoms with van der Waals surface area (Å²) in [6.45, 7) is 4.20. The third-order valence-corrected chi connectivity index (χ3v) is 5.17. The van der Waals surface area contributed by atoms with E-state index in [2.05, 4.69) is 15.3 Å². The first kappa shape index (κ1) is 21.1. The first-order chi connectivity index (χ1) is 15.0. The number of nitrogens with zero attached hydrogens (tertiary/aromatic N) is 2. The molecule has 0 saturated carbocycles. The van der Waals surface area contributed by atoms with Crippen molar-refractivity contribution in [2.75, 3.05) is 31.6 Å². The SMILES string of the molecule is CCN(CC(=O)Nc1ccc2c(c1)OCCCO2)Cc1nc2cc(Cl)ccc2c(=O)[nH]1. The highest BCUT2D eigenvalue weighted by Gasteiger charge is 2.15. The lowest BCUT2D eigenvalue weighted by molar-refractivity contribution is -0.117. The van der Waals surface area contributed by atoms with Crippen molar-refractivity contribution in [2.45, 2.75) is 19.9 Å². The van der Waals surface area contributed by atoms with Crippen molar-refractivity contribution in [3.05, 3.63) is 57.6 Å². The van der Waals surface area contributed by atoms with E-state index < -0.39 is 0 Å². The second-order valence-corrected chi connectivity index (χ2v) is 7.67. The van der Waals surface area contributed by atoms with Gasteiger partial charge in [-0.05, 0) is 36.9 Å². The van der Waals surface area contributed by atoms with E-state index in [0.29, 0.717) is 65.2 Å². The van der Waals surface area contributed by atoms with E-state index in [-0.39, 0.29) is 18.0 Å². The minimum Gasteiger partial charge on any atom is -0.490 e. The number of aromatic nitrogens is 2. The molecule has 9 heteroatoms. The molecular formula is C22H23ClN4O4. The summed E-state index contributed by atoms with van der Waals surface area (Å²) in [5.74, 6) is 1.60. The Morgan fingerprint density at radius 1 is 1.19 bits per heavy atom. The molecule has 1 aliphatic rings. The Morgan fingerprint density at radius 3 is 2.81 bits per heavy atom. The Labute approximate surface area is 184 Å². The van der Waals surface area contributed by atoms with E-state index in [9.17, 15) is 9.59 Å². The lowest BCUT2D eigenvalue weighted by atomic mass is 10.2. The number of aromatic amines is 1. The molecule has 0 radical (unpaired) electrons. The summed E-state index contributed by atoms with van der Waals surface area (Å²) in [5.41, 5.74) is 0.931. The van der Waals surface area contributed by atoms with Crippen LogP contribution in [0.3, 0.4) is 0 Å². The van der Waals surface area contributed by atoms with Gasteiger partial charge in [-0.2, -0.15) is 0 Å². The van der Waals surface area contributed by atoms with Crippen LogP contribution in [0.1, 0.15) is 19.2 Å². The maximum Gasteiger partial charge on any atom is 0.258 e. The van der Waals surface area contributed by atoms with E-state index in [4.69, 9.17) is 21.1 Å². The van der Waals surface area contributed by atoms with Gasteiger partial charge in [-0.15, -0.1) is 0 Å². The number of ether oxygens (including phenoxy) is 2. The Bertz CT molecular complexity index is 1160. The fourth-order valence-corrected chi connectivity index (χ4v) is 3.54.